The van der Waals surface area contributed by atoms with Gasteiger partial charge < -0.3 is 5.11 Å². The molecule has 0 radical (unpaired) electrons. The molecule has 1 unspecified atom stereocenters. The summed E-state index contributed by atoms with van der Waals surface area (Å²) in [7, 11) is 1.93. The van der Waals surface area contributed by atoms with Crippen LogP contribution in [0.25, 0.3) is 0 Å². The van der Waals surface area contributed by atoms with Gasteiger partial charge >= 0.3 is 5.97 Å². The second-order valence-corrected chi connectivity index (χ2v) is 5.28. The van der Waals surface area contributed by atoms with Crippen LogP contribution in [0.1, 0.15) is 44.0 Å². The molecule has 0 aromatic carbocycles. The summed E-state index contributed by atoms with van der Waals surface area (Å²) in [6, 6.07) is 1.74. The molecule has 19 heavy (non-hydrogen) atoms. The molecular weight excluding hydrogens is 242 g/mol. The lowest BCUT2D eigenvalue weighted by atomic mass is 10.1. The van der Waals surface area contributed by atoms with Crippen molar-refractivity contribution >= 4 is 5.97 Å². The number of aromatic nitrogens is 2. The number of likely N-dealkylation sites (tertiary alicyclic amines) is 1. The number of nitrogens with zero attached hydrogens (tertiary/aromatic N) is 3. The van der Waals surface area contributed by atoms with E-state index in [-0.39, 0.29) is 6.04 Å². The fourth-order valence-corrected chi connectivity index (χ4v) is 2.74. The molecule has 5 nitrogen and oxygen atoms in total. The lowest BCUT2D eigenvalue weighted by molar-refractivity contribution is -0.143. The van der Waals surface area contributed by atoms with Crippen LogP contribution in [0.5, 0.6) is 0 Å². The van der Waals surface area contributed by atoms with Gasteiger partial charge in [0.15, 0.2) is 0 Å². The maximum atomic E-state index is 11.4. The Labute approximate surface area is 114 Å². The summed E-state index contributed by atoms with van der Waals surface area (Å²) in [5.74, 6) is -0.695. The molecule has 1 aromatic heterocycles. The molecule has 2 heterocycles. The van der Waals surface area contributed by atoms with E-state index >= 15 is 0 Å². The van der Waals surface area contributed by atoms with Gasteiger partial charge in [0.2, 0.25) is 0 Å². The van der Waals surface area contributed by atoms with Gasteiger partial charge in [-0.05, 0) is 31.9 Å². The number of hydrogen-bond donors (Lipinski definition) is 1. The molecule has 0 saturated carbocycles. The Kier molecular flexibility index (Phi) is 4.58. The summed E-state index contributed by atoms with van der Waals surface area (Å²) in [5, 5.41) is 13.8. The Morgan fingerprint density at radius 3 is 2.89 bits per heavy atom. The van der Waals surface area contributed by atoms with Crippen molar-refractivity contribution < 1.29 is 9.90 Å². The predicted molar refractivity (Wildman–Crippen MR) is 72.9 cm³/mol. The van der Waals surface area contributed by atoms with E-state index < -0.39 is 5.97 Å². The Balaban J connectivity index is 2.13. The third kappa shape index (κ3) is 3.35. The molecule has 0 bridgehead atoms. The van der Waals surface area contributed by atoms with E-state index in [1.165, 1.54) is 0 Å². The fraction of sp³-hybridized carbons (Fsp3) is 0.714. The zero-order valence-corrected chi connectivity index (χ0v) is 11.8. The molecule has 0 amide bonds. The van der Waals surface area contributed by atoms with Gasteiger partial charge in [-0.1, -0.05) is 19.8 Å². The number of rotatable bonds is 4. The van der Waals surface area contributed by atoms with Gasteiger partial charge in [-0.2, -0.15) is 5.10 Å². The van der Waals surface area contributed by atoms with Crippen molar-refractivity contribution in [2.75, 3.05) is 6.54 Å². The lowest BCUT2D eigenvalue weighted by Crippen LogP contribution is -2.40. The average Bonchev–Trinajstić information content (AvgIpc) is 2.60. The SMILES string of the molecule is CCc1cc(CN2CCCCCC2C(=O)O)n(C)n1. The Morgan fingerprint density at radius 2 is 2.26 bits per heavy atom. The molecule has 0 spiro atoms. The van der Waals surface area contributed by atoms with Gasteiger partial charge in [0.05, 0.1) is 11.4 Å². The molecular formula is C14H23N3O2. The third-order valence-corrected chi connectivity index (χ3v) is 3.90. The summed E-state index contributed by atoms with van der Waals surface area (Å²) in [5.41, 5.74) is 2.17. The highest BCUT2D eigenvalue weighted by Gasteiger charge is 2.27. The van der Waals surface area contributed by atoms with Crippen molar-refractivity contribution in [1.29, 1.82) is 0 Å². The lowest BCUT2D eigenvalue weighted by Gasteiger charge is -2.26. The van der Waals surface area contributed by atoms with Crippen LogP contribution < -0.4 is 0 Å². The monoisotopic (exact) mass is 265 g/mol. The molecule has 1 N–H and O–H groups in total. The zero-order chi connectivity index (χ0) is 13.8. The second-order valence-electron chi connectivity index (χ2n) is 5.28. The van der Waals surface area contributed by atoms with E-state index in [1.807, 2.05) is 11.7 Å². The van der Waals surface area contributed by atoms with E-state index in [9.17, 15) is 9.90 Å². The quantitative estimate of drug-likeness (QED) is 0.902. The van der Waals surface area contributed by atoms with E-state index in [1.54, 1.807) is 0 Å². The first-order valence-corrected chi connectivity index (χ1v) is 7.10. The van der Waals surface area contributed by atoms with E-state index in [0.29, 0.717) is 6.54 Å². The summed E-state index contributed by atoms with van der Waals surface area (Å²) >= 11 is 0. The van der Waals surface area contributed by atoms with Crippen LogP contribution in [-0.4, -0.2) is 38.3 Å². The van der Waals surface area contributed by atoms with Gasteiger partial charge in [0, 0.05) is 13.6 Å². The third-order valence-electron chi connectivity index (χ3n) is 3.90. The predicted octanol–water partition coefficient (Wildman–Crippen LogP) is 1.81. The maximum absolute atomic E-state index is 11.4. The summed E-state index contributed by atoms with van der Waals surface area (Å²) in [6.07, 6.45) is 4.90. The minimum absolute atomic E-state index is 0.345. The number of aliphatic carboxylic acids is 1. The standard InChI is InChI=1S/C14H23N3O2/c1-3-11-9-12(16(2)15-11)10-17-8-6-4-5-7-13(17)14(18)19/h9,13H,3-8,10H2,1-2H3,(H,18,19). The maximum Gasteiger partial charge on any atom is 0.320 e. The molecule has 1 atom stereocenters. The van der Waals surface area contributed by atoms with Gasteiger partial charge in [-0.25, -0.2) is 0 Å². The topological polar surface area (TPSA) is 58.4 Å². The molecule has 106 valence electrons. The summed E-state index contributed by atoms with van der Waals surface area (Å²) in [6.45, 7) is 3.63. The highest BCUT2D eigenvalue weighted by Crippen LogP contribution is 2.19. The number of hydrogen-bond acceptors (Lipinski definition) is 3. The van der Waals surface area contributed by atoms with Gasteiger partial charge in [-0.3, -0.25) is 14.4 Å². The van der Waals surface area contributed by atoms with Gasteiger partial charge in [-0.15, -0.1) is 0 Å². The molecule has 1 fully saturated rings. The molecule has 1 aliphatic rings. The minimum atomic E-state index is -0.695. The normalized spacial score (nSPS) is 21.3. The second kappa shape index (κ2) is 6.19. The van der Waals surface area contributed by atoms with Crippen LogP contribution in [0.4, 0.5) is 0 Å². The zero-order valence-electron chi connectivity index (χ0n) is 11.8. The number of aryl methyl sites for hydroxylation is 2. The van der Waals surface area contributed by atoms with Gasteiger partial charge in [0.25, 0.3) is 0 Å². The first-order chi connectivity index (χ1) is 9.11. The van der Waals surface area contributed by atoms with Crippen LogP contribution in [-0.2, 0) is 24.8 Å². The van der Waals surface area contributed by atoms with Crippen molar-refractivity contribution in [3.8, 4) is 0 Å². The molecule has 1 saturated heterocycles. The van der Waals surface area contributed by atoms with Crippen molar-refractivity contribution in [2.24, 2.45) is 7.05 Å². The first-order valence-electron chi connectivity index (χ1n) is 7.10. The smallest absolute Gasteiger partial charge is 0.320 e. The van der Waals surface area contributed by atoms with Crippen LogP contribution >= 0.6 is 0 Å². The number of carboxylic acids is 1. The Bertz CT molecular complexity index is 442. The highest BCUT2D eigenvalue weighted by molar-refractivity contribution is 5.73. The van der Waals surface area contributed by atoms with Crippen LogP contribution in [0, 0.1) is 0 Å². The highest BCUT2D eigenvalue weighted by atomic mass is 16.4. The largest absolute Gasteiger partial charge is 0.480 e. The molecule has 1 aromatic rings. The van der Waals surface area contributed by atoms with Crippen LogP contribution in [0.2, 0.25) is 0 Å². The van der Waals surface area contributed by atoms with E-state index in [4.69, 9.17) is 0 Å². The van der Waals surface area contributed by atoms with Crippen molar-refractivity contribution in [3.05, 3.63) is 17.5 Å². The average molecular weight is 265 g/mol. The number of carbonyl (C=O) groups is 1. The fourth-order valence-electron chi connectivity index (χ4n) is 2.74. The summed E-state index contributed by atoms with van der Waals surface area (Å²) < 4.78 is 1.88. The molecule has 5 heteroatoms. The first kappa shape index (κ1) is 14.1. The van der Waals surface area contributed by atoms with E-state index in [0.717, 1.165) is 50.0 Å². The minimum Gasteiger partial charge on any atom is -0.480 e. The van der Waals surface area contributed by atoms with Crippen LogP contribution in [0.3, 0.4) is 0 Å². The molecule has 1 aliphatic heterocycles. The Hall–Kier alpha value is -1.36. The number of carboxylic acid groups (broad SMARTS) is 1. The Morgan fingerprint density at radius 1 is 1.47 bits per heavy atom. The molecule has 2 rings (SSSR count). The summed E-state index contributed by atoms with van der Waals surface area (Å²) in [4.78, 5) is 13.5. The van der Waals surface area contributed by atoms with Crippen molar-refractivity contribution in [3.63, 3.8) is 0 Å². The van der Waals surface area contributed by atoms with Crippen molar-refractivity contribution in [1.82, 2.24) is 14.7 Å². The van der Waals surface area contributed by atoms with Gasteiger partial charge in [0.1, 0.15) is 6.04 Å². The van der Waals surface area contributed by atoms with E-state index in [2.05, 4.69) is 23.0 Å². The van der Waals surface area contributed by atoms with Crippen LogP contribution in [0.15, 0.2) is 6.07 Å². The molecule has 0 aliphatic carbocycles. The van der Waals surface area contributed by atoms with Crippen molar-refractivity contribution in [2.45, 2.75) is 51.6 Å².